The first-order valence-corrected chi connectivity index (χ1v) is 45.3. The number of aliphatic hydroxyl groups excluding tert-OH is 1. The van der Waals surface area contributed by atoms with E-state index in [0.717, 1.165) is 108 Å². The number of carbonyl (C=O) groups excluding carboxylic acids is 4. The Morgan fingerprint density at radius 3 is 0.673 bits per heavy atom. The number of phosphoric acid groups is 2. The van der Waals surface area contributed by atoms with Gasteiger partial charge in [-0.15, -0.1) is 0 Å². The van der Waals surface area contributed by atoms with Crippen LogP contribution in [0.2, 0.25) is 0 Å². The van der Waals surface area contributed by atoms with Gasteiger partial charge in [-0.2, -0.15) is 0 Å². The van der Waals surface area contributed by atoms with E-state index in [9.17, 15) is 43.2 Å². The van der Waals surface area contributed by atoms with Gasteiger partial charge >= 0.3 is 39.5 Å². The summed E-state index contributed by atoms with van der Waals surface area (Å²) in [5, 5.41) is 10.6. The monoisotopic (exact) mass is 1480 g/mol. The highest BCUT2D eigenvalue weighted by molar-refractivity contribution is 7.47. The first-order chi connectivity index (χ1) is 48.7. The van der Waals surface area contributed by atoms with E-state index in [1.54, 1.807) is 0 Å². The Kier molecular flexibility index (Phi) is 70.9. The van der Waals surface area contributed by atoms with Gasteiger partial charge in [0, 0.05) is 25.7 Å². The number of rotatable bonds is 80. The molecule has 5 atom stereocenters. The van der Waals surface area contributed by atoms with Crippen LogP contribution in [0.1, 0.15) is 427 Å². The second-order valence-electron chi connectivity index (χ2n) is 30.9. The van der Waals surface area contributed by atoms with Crippen molar-refractivity contribution in [3.8, 4) is 0 Å². The van der Waals surface area contributed by atoms with Gasteiger partial charge in [0.1, 0.15) is 19.3 Å². The summed E-state index contributed by atoms with van der Waals surface area (Å²) in [6.45, 7) is 11.9. The third kappa shape index (κ3) is 76.1. The second-order valence-corrected chi connectivity index (χ2v) is 33.8. The zero-order valence-electron chi connectivity index (χ0n) is 66.4. The fraction of sp³-hybridized carbons (Fsp3) is 0.951. The summed E-state index contributed by atoms with van der Waals surface area (Å²) in [6.07, 6.45) is 61.4. The third-order valence-corrected chi connectivity index (χ3v) is 21.0. The average Bonchev–Trinajstić information content (AvgIpc) is 0.924. The molecule has 0 heterocycles. The Morgan fingerprint density at radius 2 is 0.455 bits per heavy atom. The number of phosphoric ester groups is 2. The van der Waals surface area contributed by atoms with Crippen molar-refractivity contribution in [3.63, 3.8) is 0 Å². The number of hydrogen-bond donors (Lipinski definition) is 3. The number of aliphatic hydroxyl groups is 1. The molecule has 0 saturated heterocycles. The molecule has 19 heteroatoms. The molecule has 0 amide bonds. The van der Waals surface area contributed by atoms with Crippen LogP contribution < -0.4 is 0 Å². The molecule has 2 unspecified atom stereocenters. The Bertz CT molecular complexity index is 1960. The third-order valence-electron chi connectivity index (χ3n) is 19.1. The fourth-order valence-electron chi connectivity index (χ4n) is 12.7. The number of carbonyl (C=O) groups is 4. The lowest BCUT2D eigenvalue weighted by Gasteiger charge is -2.21. The lowest BCUT2D eigenvalue weighted by molar-refractivity contribution is -0.161. The second kappa shape index (κ2) is 72.3. The molecule has 0 aliphatic heterocycles. The van der Waals surface area contributed by atoms with Crippen molar-refractivity contribution in [2.75, 3.05) is 39.6 Å². The number of ether oxygens (including phenoxy) is 4. The van der Waals surface area contributed by atoms with Gasteiger partial charge in [-0.3, -0.25) is 37.3 Å². The van der Waals surface area contributed by atoms with E-state index in [0.29, 0.717) is 31.6 Å². The van der Waals surface area contributed by atoms with Crippen LogP contribution in [-0.2, 0) is 65.4 Å². The van der Waals surface area contributed by atoms with E-state index in [1.165, 1.54) is 231 Å². The first kappa shape index (κ1) is 99.1. The summed E-state index contributed by atoms with van der Waals surface area (Å²) in [4.78, 5) is 73.0. The van der Waals surface area contributed by atoms with Crippen molar-refractivity contribution in [2.45, 2.75) is 446 Å². The minimum atomic E-state index is -4.96. The highest BCUT2D eigenvalue weighted by atomic mass is 31.2. The Balaban J connectivity index is 5.20. The van der Waals surface area contributed by atoms with Gasteiger partial charge in [0.25, 0.3) is 0 Å². The Hall–Kier alpha value is -1.94. The lowest BCUT2D eigenvalue weighted by atomic mass is 10.0. The zero-order chi connectivity index (χ0) is 74.4. The Labute approximate surface area is 619 Å². The standard InChI is InChI=1S/C82H160O17P2/c1-8-9-10-11-12-13-14-15-16-17-18-19-20-21-22-23-24-32-37-42-51-58-65-81(86)98-77(69-92-79(84)63-56-49-41-36-31-27-25-29-34-39-46-53-60-73(2)3)71-96-100(88,89)94-67-76(83)68-95-101(90,91)97-72-78(70-93-80(85)64-57-50-45-44-48-55-62-75(6)7)99-82(87)66-59-52-43-38-33-28-26-30-35-40-47-54-61-74(4)5/h73-78,83H,8-72H2,1-7H3,(H,88,89)(H,90,91)/t76-,77-,78-/m1/s1. The molecule has 0 fully saturated rings. The topological polar surface area (TPSA) is 237 Å². The molecule has 0 saturated carbocycles. The zero-order valence-corrected chi connectivity index (χ0v) is 68.2. The van der Waals surface area contributed by atoms with Gasteiger partial charge in [0.05, 0.1) is 26.4 Å². The normalized spacial score (nSPS) is 14.0. The van der Waals surface area contributed by atoms with Gasteiger partial charge in [-0.25, -0.2) is 9.13 Å². The molecular formula is C82H160O17P2. The summed E-state index contributed by atoms with van der Waals surface area (Å²) in [7, 11) is -9.92. The summed E-state index contributed by atoms with van der Waals surface area (Å²) in [5.74, 6) is 0.124. The van der Waals surface area contributed by atoms with Gasteiger partial charge < -0.3 is 33.8 Å². The summed E-state index contributed by atoms with van der Waals surface area (Å²) in [5.41, 5.74) is 0. The maximum Gasteiger partial charge on any atom is 0.472 e. The van der Waals surface area contributed by atoms with Crippen LogP contribution in [0.3, 0.4) is 0 Å². The quantitative estimate of drug-likeness (QED) is 0.0222. The Morgan fingerprint density at radius 1 is 0.267 bits per heavy atom. The average molecular weight is 1480 g/mol. The van der Waals surface area contributed by atoms with Crippen molar-refractivity contribution in [1.82, 2.24) is 0 Å². The highest BCUT2D eigenvalue weighted by Gasteiger charge is 2.30. The van der Waals surface area contributed by atoms with E-state index in [1.807, 2.05) is 0 Å². The maximum atomic E-state index is 13.1. The number of unbranched alkanes of at least 4 members (excludes halogenated alkanes) is 48. The molecule has 101 heavy (non-hydrogen) atoms. The SMILES string of the molecule is CCCCCCCCCCCCCCCCCCCCCCCCC(=O)O[C@H](COC(=O)CCCCCCCCCCCCCCC(C)C)COP(=O)(O)OC[C@@H](O)COP(=O)(O)OC[C@@H](COC(=O)CCCCCCCCC(C)C)OC(=O)CCCCCCCCCCCCCCC(C)C. The van der Waals surface area contributed by atoms with E-state index < -0.39 is 97.5 Å². The van der Waals surface area contributed by atoms with Crippen molar-refractivity contribution in [3.05, 3.63) is 0 Å². The molecule has 0 bridgehead atoms. The molecule has 0 rings (SSSR count). The van der Waals surface area contributed by atoms with Crippen LogP contribution >= 0.6 is 15.6 Å². The van der Waals surface area contributed by atoms with E-state index in [2.05, 4.69) is 48.5 Å². The van der Waals surface area contributed by atoms with E-state index in [-0.39, 0.29) is 25.7 Å². The van der Waals surface area contributed by atoms with E-state index >= 15 is 0 Å². The molecule has 0 aromatic carbocycles. The van der Waals surface area contributed by atoms with Crippen molar-refractivity contribution >= 4 is 39.5 Å². The lowest BCUT2D eigenvalue weighted by Crippen LogP contribution is -2.30. The molecule has 3 N–H and O–H groups in total. The van der Waals surface area contributed by atoms with Crippen LogP contribution in [0.25, 0.3) is 0 Å². The fourth-order valence-corrected chi connectivity index (χ4v) is 14.2. The predicted molar refractivity (Wildman–Crippen MR) is 414 cm³/mol. The van der Waals surface area contributed by atoms with Crippen LogP contribution in [0.4, 0.5) is 0 Å². The molecule has 600 valence electrons. The molecule has 0 aliphatic rings. The van der Waals surface area contributed by atoms with Crippen LogP contribution in [0, 0.1) is 17.8 Å². The van der Waals surface area contributed by atoms with Crippen LogP contribution in [0.15, 0.2) is 0 Å². The van der Waals surface area contributed by atoms with Crippen LogP contribution in [-0.4, -0.2) is 96.7 Å². The largest absolute Gasteiger partial charge is 0.472 e. The van der Waals surface area contributed by atoms with Gasteiger partial charge in [0.2, 0.25) is 0 Å². The van der Waals surface area contributed by atoms with Crippen molar-refractivity contribution in [1.29, 1.82) is 0 Å². The molecule has 0 aromatic rings. The van der Waals surface area contributed by atoms with Gasteiger partial charge in [-0.05, 0) is 43.4 Å². The smallest absolute Gasteiger partial charge is 0.462 e. The molecular weight excluding hydrogens is 1320 g/mol. The van der Waals surface area contributed by atoms with Crippen molar-refractivity contribution in [2.24, 2.45) is 17.8 Å². The van der Waals surface area contributed by atoms with Crippen LogP contribution in [0.5, 0.6) is 0 Å². The predicted octanol–water partition coefficient (Wildman–Crippen LogP) is 24.5. The van der Waals surface area contributed by atoms with Crippen molar-refractivity contribution < 1.29 is 80.2 Å². The number of hydrogen-bond acceptors (Lipinski definition) is 15. The minimum absolute atomic E-state index is 0.106. The maximum absolute atomic E-state index is 13.1. The van der Waals surface area contributed by atoms with Gasteiger partial charge in [0.15, 0.2) is 12.2 Å². The molecule has 0 spiro atoms. The highest BCUT2D eigenvalue weighted by Crippen LogP contribution is 2.45. The summed E-state index contributed by atoms with van der Waals surface area (Å²) >= 11 is 0. The first-order valence-electron chi connectivity index (χ1n) is 42.3. The summed E-state index contributed by atoms with van der Waals surface area (Å²) < 4.78 is 68.7. The molecule has 0 aromatic heterocycles. The summed E-state index contributed by atoms with van der Waals surface area (Å²) in [6, 6.07) is 0. The minimum Gasteiger partial charge on any atom is -0.462 e. The van der Waals surface area contributed by atoms with Gasteiger partial charge in [-0.1, -0.05) is 376 Å². The molecule has 0 radical (unpaired) electrons. The molecule has 0 aliphatic carbocycles. The number of esters is 4. The molecule has 17 nitrogen and oxygen atoms in total. The van der Waals surface area contributed by atoms with E-state index in [4.69, 9.17) is 37.0 Å².